The molecule has 19 heavy (non-hydrogen) atoms. The molecule has 2 saturated carbocycles. The van der Waals surface area contributed by atoms with Crippen molar-refractivity contribution >= 4 is 5.97 Å². The molecule has 4 heteroatoms. The van der Waals surface area contributed by atoms with Gasteiger partial charge in [-0.15, -0.1) is 0 Å². The Balaban J connectivity index is 1.90. The fraction of sp³-hybridized carbons (Fsp3) is 0.533. The van der Waals surface area contributed by atoms with Crippen LogP contribution < -0.4 is 9.47 Å². The minimum Gasteiger partial charge on any atom is -0.493 e. The molecule has 0 aromatic heterocycles. The molecule has 2 aliphatic carbocycles. The Morgan fingerprint density at radius 3 is 2.58 bits per heavy atom. The van der Waals surface area contributed by atoms with E-state index in [0.29, 0.717) is 11.5 Å². The van der Waals surface area contributed by atoms with Crippen LogP contribution in [0.3, 0.4) is 0 Å². The molecule has 3 rings (SSSR count). The summed E-state index contributed by atoms with van der Waals surface area (Å²) in [5, 5.41) is 9.07. The first-order valence-corrected chi connectivity index (χ1v) is 6.72. The van der Waals surface area contributed by atoms with Gasteiger partial charge in [-0.1, -0.05) is 0 Å². The number of benzene rings is 1. The molecule has 2 fully saturated rings. The molecule has 0 unspecified atom stereocenters. The molecule has 0 spiro atoms. The highest BCUT2D eigenvalue weighted by Gasteiger charge is 2.47. The van der Waals surface area contributed by atoms with Gasteiger partial charge in [0, 0.05) is 0 Å². The van der Waals surface area contributed by atoms with Crippen LogP contribution in [0.2, 0.25) is 0 Å². The van der Waals surface area contributed by atoms with E-state index in [1.54, 1.807) is 19.2 Å². The molecular formula is C15H18O4. The van der Waals surface area contributed by atoms with Gasteiger partial charge in [0.2, 0.25) is 0 Å². The van der Waals surface area contributed by atoms with Crippen molar-refractivity contribution in [3.63, 3.8) is 0 Å². The summed E-state index contributed by atoms with van der Waals surface area (Å²) in [6, 6.07) is 4.77. The average Bonchev–Trinajstić information content (AvgIpc) is 2.98. The van der Waals surface area contributed by atoms with Crippen molar-refractivity contribution in [2.45, 2.75) is 37.7 Å². The molecule has 4 nitrogen and oxygen atoms in total. The maximum Gasteiger partial charge on any atom is 0.335 e. The summed E-state index contributed by atoms with van der Waals surface area (Å²) >= 11 is 0. The smallest absolute Gasteiger partial charge is 0.335 e. The van der Waals surface area contributed by atoms with Crippen molar-refractivity contribution in [1.82, 2.24) is 0 Å². The lowest BCUT2D eigenvalue weighted by Gasteiger charge is -2.29. The minimum absolute atomic E-state index is 0.0882. The van der Waals surface area contributed by atoms with Crippen molar-refractivity contribution < 1.29 is 19.4 Å². The van der Waals surface area contributed by atoms with E-state index in [0.717, 1.165) is 25.2 Å². The zero-order valence-electron chi connectivity index (χ0n) is 11.0. The Hall–Kier alpha value is -1.71. The first kappa shape index (κ1) is 12.3. The van der Waals surface area contributed by atoms with E-state index < -0.39 is 5.97 Å². The van der Waals surface area contributed by atoms with Gasteiger partial charge in [0.25, 0.3) is 0 Å². The summed E-state index contributed by atoms with van der Waals surface area (Å²) in [6.45, 7) is 0. The summed E-state index contributed by atoms with van der Waals surface area (Å²) < 4.78 is 11.5. The quantitative estimate of drug-likeness (QED) is 0.905. The molecule has 0 atom stereocenters. The lowest BCUT2D eigenvalue weighted by Crippen LogP contribution is -2.30. The van der Waals surface area contributed by atoms with Crippen molar-refractivity contribution in [2.75, 3.05) is 7.11 Å². The molecule has 0 heterocycles. The molecule has 2 bridgehead atoms. The normalized spacial score (nSPS) is 28.4. The predicted molar refractivity (Wildman–Crippen MR) is 69.9 cm³/mol. The molecule has 2 aliphatic rings. The van der Waals surface area contributed by atoms with Gasteiger partial charge >= 0.3 is 5.97 Å². The van der Waals surface area contributed by atoms with Gasteiger partial charge in [-0.3, -0.25) is 0 Å². The molecule has 0 amide bonds. The largest absolute Gasteiger partial charge is 0.493 e. The molecule has 0 radical (unpaired) electrons. The number of carbonyl (C=O) groups is 1. The summed E-state index contributed by atoms with van der Waals surface area (Å²) in [5.41, 5.74) is 0.148. The number of fused-ring (bicyclic) bond motifs is 2. The van der Waals surface area contributed by atoms with Crippen LogP contribution in [0.25, 0.3) is 0 Å². The Bertz CT molecular complexity index is 501. The van der Waals surface area contributed by atoms with E-state index in [4.69, 9.17) is 14.6 Å². The maximum absolute atomic E-state index is 11.1. The summed E-state index contributed by atoms with van der Waals surface area (Å²) in [4.78, 5) is 11.1. The molecule has 0 saturated heterocycles. The predicted octanol–water partition coefficient (Wildman–Crippen LogP) is 3.10. The van der Waals surface area contributed by atoms with Crippen LogP contribution in [0.15, 0.2) is 18.2 Å². The lowest BCUT2D eigenvalue weighted by atomic mass is 9.97. The molecule has 102 valence electrons. The minimum atomic E-state index is -0.944. The zero-order valence-corrected chi connectivity index (χ0v) is 11.0. The summed E-state index contributed by atoms with van der Waals surface area (Å²) in [6.07, 6.45) is 5.67. The monoisotopic (exact) mass is 262 g/mol. The second kappa shape index (κ2) is 4.44. The van der Waals surface area contributed by atoms with Gasteiger partial charge in [-0.05, 0) is 56.2 Å². The number of carboxylic acid groups (broad SMARTS) is 1. The fourth-order valence-electron chi connectivity index (χ4n) is 3.40. The van der Waals surface area contributed by atoms with Crippen molar-refractivity contribution in [2.24, 2.45) is 5.92 Å². The molecule has 1 aromatic carbocycles. The van der Waals surface area contributed by atoms with E-state index in [2.05, 4.69) is 0 Å². The fourth-order valence-corrected chi connectivity index (χ4v) is 3.40. The highest BCUT2D eigenvalue weighted by molar-refractivity contribution is 5.88. The van der Waals surface area contributed by atoms with Crippen LogP contribution in [0.5, 0.6) is 11.5 Å². The van der Waals surface area contributed by atoms with Gasteiger partial charge in [0.15, 0.2) is 11.5 Å². The first-order valence-electron chi connectivity index (χ1n) is 6.72. The zero-order chi connectivity index (χ0) is 13.5. The van der Waals surface area contributed by atoms with Crippen LogP contribution in [0.4, 0.5) is 0 Å². The summed E-state index contributed by atoms with van der Waals surface area (Å²) in [7, 11) is 1.58. The third-order valence-corrected chi connectivity index (χ3v) is 4.41. The van der Waals surface area contributed by atoms with Gasteiger partial charge in [-0.25, -0.2) is 4.79 Å². The third kappa shape index (κ3) is 2.15. The molecular weight excluding hydrogens is 244 g/mol. The van der Waals surface area contributed by atoms with Crippen LogP contribution in [-0.2, 0) is 0 Å². The molecule has 1 N–H and O–H groups in total. The van der Waals surface area contributed by atoms with Crippen molar-refractivity contribution in [1.29, 1.82) is 0 Å². The number of hydrogen-bond acceptors (Lipinski definition) is 3. The Morgan fingerprint density at radius 1 is 1.32 bits per heavy atom. The second-order valence-corrected chi connectivity index (χ2v) is 5.60. The Morgan fingerprint density at radius 2 is 2.05 bits per heavy atom. The second-order valence-electron chi connectivity index (χ2n) is 5.60. The number of methoxy groups -OCH3 is 1. The van der Waals surface area contributed by atoms with E-state index in [1.807, 2.05) is 0 Å². The van der Waals surface area contributed by atoms with Gasteiger partial charge in [0.1, 0.15) is 5.60 Å². The lowest BCUT2D eigenvalue weighted by molar-refractivity contribution is 0.0682. The van der Waals surface area contributed by atoms with Crippen molar-refractivity contribution in [3.8, 4) is 11.5 Å². The highest BCUT2D eigenvalue weighted by atomic mass is 16.5. The van der Waals surface area contributed by atoms with Crippen LogP contribution in [-0.4, -0.2) is 23.8 Å². The molecule has 0 aliphatic heterocycles. The van der Waals surface area contributed by atoms with Crippen molar-refractivity contribution in [3.05, 3.63) is 23.8 Å². The maximum atomic E-state index is 11.1. The van der Waals surface area contributed by atoms with E-state index >= 15 is 0 Å². The highest BCUT2D eigenvalue weighted by Crippen LogP contribution is 2.51. The number of carboxylic acids is 1. The van der Waals surface area contributed by atoms with E-state index in [-0.39, 0.29) is 11.2 Å². The van der Waals surface area contributed by atoms with E-state index in [9.17, 15) is 4.79 Å². The first-order chi connectivity index (χ1) is 9.12. The number of aromatic carboxylic acids is 1. The average molecular weight is 262 g/mol. The number of ether oxygens (including phenoxy) is 2. The van der Waals surface area contributed by atoms with Gasteiger partial charge in [-0.2, -0.15) is 0 Å². The van der Waals surface area contributed by atoms with Gasteiger partial charge in [0.05, 0.1) is 12.7 Å². The standard InChI is InChI=1S/C15H18O4/c1-18-12-3-2-11(14(16)17)8-13(12)19-15-6-4-10(9-15)5-7-15/h2-3,8,10H,4-7,9H2,1H3,(H,16,17). The summed E-state index contributed by atoms with van der Waals surface area (Å²) in [5.74, 6) is 1.01. The van der Waals surface area contributed by atoms with Crippen LogP contribution >= 0.6 is 0 Å². The SMILES string of the molecule is COc1ccc(C(=O)O)cc1OC12CCC(CC1)C2. The number of hydrogen-bond donors (Lipinski definition) is 1. The number of rotatable bonds is 4. The van der Waals surface area contributed by atoms with Crippen LogP contribution in [0, 0.1) is 5.92 Å². The van der Waals surface area contributed by atoms with Gasteiger partial charge < -0.3 is 14.6 Å². The Kier molecular flexibility index (Phi) is 2.88. The Labute approximate surface area is 112 Å². The molecule has 1 aromatic rings. The topological polar surface area (TPSA) is 55.8 Å². The van der Waals surface area contributed by atoms with E-state index in [1.165, 1.54) is 18.9 Å². The van der Waals surface area contributed by atoms with Crippen LogP contribution in [0.1, 0.15) is 42.5 Å². The third-order valence-electron chi connectivity index (χ3n) is 4.41.